The third-order valence-corrected chi connectivity index (χ3v) is 4.24. The van der Waals surface area contributed by atoms with Gasteiger partial charge in [-0.1, -0.05) is 18.2 Å². The van der Waals surface area contributed by atoms with E-state index in [-0.39, 0.29) is 5.54 Å². The van der Waals surface area contributed by atoms with Crippen LogP contribution < -0.4 is 5.32 Å². The maximum absolute atomic E-state index is 3.57. The van der Waals surface area contributed by atoms with Crippen LogP contribution in [0.25, 0.3) is 0 Å². The molecule has 21 heavy (non-hydrogen) atoms. The minimum absolute atomic E-state index is 0.155. The summed E-state index contributed by atoms with van der Waals surface area (Å²) in [6.07, 6.45) is 6.03. The van der Waals surface area contributed by atoms with Crippen molar-refractivity contribution in [1.29, 1.82) is 0 Å². The van der Waals surface area contributed by atoms with Crippen molar-refractivity contribution in [2.75, 3.05) is 0 Å². The molecule has 1 N–H and O–H groups in total. The normalized spacial score (nSPS) is 14.4. The predicted molar refractivity (Wildman–Crippen MR) is 88.6 cm³/mol. The molecular weight excluding hydrogens is 256 g/mol. The summed E-state index contributed by atoms with van der Waals surface area (Å²) in [5.41, 5.74) is 6.05. The summed E-state index contributed by atoms with van der Waals surface area (Å²) < 4.78 is 2.36. The van der Waals surface area contributed by atoms with E-state index in [4.69, 9.17) is 0 Å². The first-order valence-electron chi connectivity index (χ1n) is 8.01. The van der Waals surface area contributed by atoms with Crippen molar-refractivity contribution in [2.24, 2.45) is 0 Å². The molecule has 0 amide bonds. The van der Waals surface area contributed by atoms with E-state index in [1.54, 1.807) is 11.1 Å². The van der Waals surface area contributed by atoms with Crippen molar-refractivity contribution >= 4 is 0 Å². The Morgan fingerprint density at radius 1 is 1.10 bits per heavy atom. The third kappa shape index (κ3) is 3.56. The van der Waals surface area contributed by atoms with E-state index in [0.29, 0.717) is 0 Å². The van der Waals surface area contributed by atoms with Crippen molar-refractivity contribution in [1.82, 2.24) is 9.88 Å². The van der Waals surface area contributed by atoms with E-state index >= 15 is 0 Å². The fraction of sp³-hybridized carbons (Fsp3) is 0.474. The fourth-order valence-electron chi connectivity index (χ4n) is 3.04. The van der Waals surface area contributed by atoms with Gasteiger partial charge in [-0.25, -0.2) is 0 Å². The lowest BCUT2D eigenvalue weighted by Crippen LogP contribution is -2.35. The van der Waals surface area contributed by atoms with Crippen LogP contribution in [0, 0.1) is 0 Å². The summed E-state index contributed by atoms with van der Waals surface area (Å²) in [5.74, 6) is 0. The van der Waals surface area contributed by atoms with Gasteiger partial charge in [0.05, 0.1) is 0 Å². The zero-order valence-electron chi connectivity index (χ0n) is 13.4. The van der Waals surface area contributed by atoms with Crippen LogP contribution in [0.2, 0.25) is 0 Å². The summed E-state index contributed by atoms with van der Waals surface area (Å²) >= 11 is 0. The van der Waals surface area contributed by atoms with Gasteiger partial charge in [-0.05, 0) is 68.9 Å². The first-order valence-corrected chi connectivity index (χ1v) is 8.01. The average molecular weight is 282 g/mol. The van der Waals surface area contributed by atoms with Crippen LogP contribution in [-0.2, 0) is 25.9 Å². The number of nitrogens with zero attached hydrogens (tertiary/aromatic N) is 1. The van der Waals surface area contributed by atoms with Crippen LogP contribution in [0.15, 0.2) is 36.5 Å². The molecule has 0 atom stereocenters. The topological polar surface area (TPSA) is 17.0 Å². The van der Waals surface area contributed by atoms with Gasteiger partial charge in [0, 0.05) is 30.5 Å². The van der Waals surface area contributed by atoms with Crippen LogP contribution in [0.1, 0.15) is 49.6 Å². The van der Waals surface area contributed by atoms with Crippen molar-refractivity contribution in [2.45, 2.75) is 58.7 Å². The van der Waals surface area contributed by atoms with Gasteiger partial charge in [-0.15, -0.1) is 0 Å². The Bertz CT molecular complexity index is 617. The standard InChI is InChI=1S/C19H26N2/c1-19(2,3)20-13-18-8-5-11-21(18)14-15-9-10-16-6-4-7-17(16)12-15/h5,8-12,20H,4,6-7,13-14H2,1-3H3. The van der Waals surface area contributed by atoms with E-state index in [1.807, 2.05) is 0 Å². The SMILES string of the molecule is CC(C)(C)NCc1cccn1Cc1ccc2c(c1)CCC2. The number of rotatable bonds is 4. The average Bonchev–Trinajstić information content (AvgIpc) is 3.04. The van der Waals surface area contributed by atoms with Crippen LogP contribution >= 0.6 is 0 Å². The van der Waals surface area contributed by atoms with Crippen LogP contribution in [0.3, 0.4) is 0 Å². The highest BCUT2D eigenvalue weighted by Crippen LogP contribution is 2.23. The maximum Gasteiger partial charge on any atom is 0.0473 e. The summed E-state index contributed by atoms with van der Waals surface area (Å²) in [6, 6.07) is 11.4. The zero-order chi connectivity index (χ0) is 14.9. The minimum atomic E-state index is 0.155. The molecule has 1 aliphatic rings. The molecule has 112 valence electrons. The van der Waals surface area contributed by atoms with Crippen molar-refractivity contribution in [3.05, 3.63) is 58.9 Å². The summed E-state index contributed by atoms with van der Waals surface area (Å²) in [6.45, 7) is 8.52. The minimum Gasteiger partial charge on any atom is -0.346 e. The van der Waals surface area contributed by atoms with Crippen LogP contribution in [0.5, 0.6) is 0 Å². The highest BCUT2D eigenvalue weighted by Gasteiger charge is 2.12. The molecular formula is C19H26N2. The molecule has 1 heterocycles. The van der Waals surface area contributed by atoms with Crippen molar-refractivity contribution < 1.29 is 0 Å². The highest BCUT2D eigenvalue weighted by atomic mass is 15.0. The zero-order valence-corrected chi connectivity index (χ0v) is 13.4. The molecule has 0 bridgehead atoms. The smallest absolute Gasteiger partial charge is 0.0473 e. The second-order valence-electron chi connectivity index (χ2n) is 7.19. The van der Waals surface area contributed by atoms with Gasteiger partial charge < -0.3 is 9.88 Å². The van der Waals surface area contributed by atoms with E-state index in [9.17, 15) is 0 Å². The Morgan fingerprint density at radius 2 is 1.90 bits per heavy atom. The van der Waals surface area contributed by atoms with Crippen LogP contribution in [-0.4, -0.2) is 10.1 Å². The van der Waals surface area contributed by atoms with E-state index < -0.39 is 0 Å². The molecule has 0 radical (unpaired) electrons. The molecule has 0 fully saturated rings. The molecule has 0 unspecified atom stereocenters. The first-order chi connectivity index (χ1) is 10.0. The lowest BCUT2D eigenvalue weighted by atomic mass is 10.1. The molecule has 1 aromatic carbocycles. The largest absolute Gasteiger partial charge is 0.346 e. The quantitative estimate of drug-likeness (QED) is 0.899. The van der Waals surface area contributed by atoms with Gasteiger partial charge in [-0.3, -0.25) is 0 Å². The van der Waals surface area contributed by atoms with E-state index in [2.05, 4.69) is 67.2 Å². The number of aryl methyl sites for hydroxylation is 2. The van der Waals surface area contributed by atoms with E-state index in [0.717, 1.165) is 13.1 Å². The van der Waals surface area contributed by atoms with Crippen molar-refractivity contribution in [3.8, 4) is 0 Å². The molecule has 3 rings (SSSR count). The van der Waals surface area contributed by atoms with Gasteiger partial charge >= 0.3 is 0 Å². The highest BCUT2D eigenvalue weighted by molar-refractivity contribution is 5.35. The number of aromatic nitrogens is 1. The lowest BCUT2D eigenvalue weighted by molar-refractivity contribution is 0.417. The summed E-state index contributed by atoms with van der Waals surface area (Å²) in [7, 11) is 0. The molecule has 0 saturated heterocycles. The Balaban J connectivity index is 1.72. The van der Waals surface area contributed by atoms with Gasteiger partial charge in [0.25, 0.3) is 0 Å². The van der Waals surface area contributed by atoms with Gasteiger partial charge in [0.15, 0.2) is 0 Å². The molecule has 2 heteroatoms. The maximum atomic E-state index is 3.57. The van der Waals surface area contributed by atoms with Gasteiger partial charge in [0.1, 0.15) is 0 Å². The number of hydrogen-bond acceptors (Lipinski definition) is 1. The monoisotopic (exact) mass is 282 g/mol. The predicted octanol–water partition coefficient (Wildman–Crippen LogP) is 3.91. The number of benzene rings is 1. The number of fused-ring (bicyclic) bond motifs is 1. The number of hydrogen-bond donors (Lipinski definition) is 1. The van der Waals surface area contributed by atoms with E-state index in [1.165, 1.54) is 30.5 Å². The third-order valence-electron chi connectivity index (χ3n) is 4.24. The first kappa shape index (κ1) is 14.4. The Morgan fingerprint density at radius 3 is 2.71 bits per heavy atom. The van der Waals surface area contributed by atoms with Gasteiger partial charge in [-0.2, -0.15) is 0 Å². The second-order valence-corrected chi connectivity index (χ2v) is 7.19. The molecule has 1 aromatic heterocycles. The molecule has 1 aliphatic carbocycles. The molecule has 0 spiro atoms. The Kier molecular flexibility index (Phi) is 3.90. The lowest BCUT2D eigenvalue weighted by Gasteiger charge is -2.21. The summed E-state index contributed by atoms with van der Waals surface area (Å²) in [4.78, 5) is 0. The molecule has 2 nitrogen and oxygen atoms in total. The van der Waals surface area contributed by atoms with Gasteiger partial charge in [0.2, 0.25) is 0 Å². The summed E-state index contributed by atoms with van der Waals surface area (Å²) in [5, 5.41) is 3.57. The fourth-order valence-corrected chi connectivity index (χ4v) is 3.04. The van der Waals surface area contributed by atoms with Crippen LogP contribution in [0.4, 0.5) is 0 Å². The molecule has 2 aromatic rings. The molecule has 0 aliphatic heterocycles. The van der Waals surface area contributed by atoms with Crippen molar-refractivity contribution in [3.63, 3.8) is 0 Å². The second kappa shape index (κ2) is 5.69. The molecule has 0 saturated carbocycles. The number of nitrogens with one attached hydrogen (secondary N) is 1. The Labute approximate surface area is 128 Å². The Hall–Kier alpha value is -1.54.